The molecule has 3 aromatic rings. The van der Waals surface area contributed by atoms with Gasteiger partial charge < -0.3 is 4.42 Å². The Morgan fingerprint density at radius 2 is 1.64 bits per heavy atom. The molecule has 1 aromatic heterocycles. The fourth-order valence-electron chi connectivity index (χ4n) is 3.95. The van der Waals surface area contributed by atoms with E-state index in [1.807, 2.05) is 19.1 Å². The second-order valence-electron chi connectivity index (χ2n) is 8.26. The number of benzene rings is 2. The van der Waals surface area contributed by atoms with Gasteiger partial charge in [0.15, 0.2) is 5.76 Å². The summed E-state index contributed by atoms with van der Waals surface area (Å²) in [5.74, 6) is -1.39. The Kier molecular flexibility index (Phi) is 6.91. The molecule has 0 saturated carbocycles. The van der Waals surface area contributed by atoms with Crippen LogP contribution in [-0.4, -0.2) is 28.4 Å². The largest absolute Gasteiger partial charge is 0.455 e. The standard InChI is InChI=1S/C25H23N5O6/c1-14-10-12-16(13-11-14)23(31)27-26-18-7-5-9-20-21(18)15(2)22(36-20)25(33)29-28-24(32)17-6-3-4-8-19(17)30(34)35/h3-4,6,8,10-13H,5,7,9H2,1-2H3,(H,27,31)(H,28,32)(H,29,33)/b26-18+. The van der Waals surface area contributed by atoms with E-state index in [0.717, 1.165) is 5.56 Å². The van der Waals surface area contributed by atoms with Crippen LogP contribution < -0.4 is 16.3 Å². The molecule has 0 unspecified atom stereocenters. The molecule has 1 aliphatic carbocycles. The molecule has 0 fully saturated rings. The fraction of sp³-hybridized carbons (Fsp3) is 0.200. The highest BCUT2D eigenvalue weighted by Gasteiger charge is 2.29. The summed E-state index contributed by atoms with van der Waals surface area (Å²) < 4.78 is 5.77. The van der Waals surface area contributed by atoms with Crippen LogP contribution >= 0.6 is 0 Å². The maximum Gasteiger partial charge on any atom is 0.305 e. The Morgan fingerprint density at radius 1 is 0.944 bits per heavy atom. The molecule has 0 atom stereocenters. The molecule has 11 nitrogen and oxygen atoms in total. The first kappa shape index (κ1) is 24.3. The van der Waals surface area contributed by atoms with Crippen molar-refractivity contribution in [1.82, 2.24) is 16.3 Å². The second-order valence-corrected chi connectivity index (χ2v) is 8.26. The van der Waals surface area contributed by atoms with Gasteiger partial charge in [0.25, 0.3) is 17.5 Å². The monoisotopic (exact) mass is 489 g/mol. The van der Waals surface area contributed by atoms with E-state index in [2.05, 4.69) is 21.4 Å². The van der Waals surface area contributed by atoms with Crippen LogP contribution in [0.4, 0.5) is 5.69 Å². The first-order valence-corrected chi connectivity index (χ1v) is 11.2. The Labute approximate surface area is 205 Å². The SMILES string of the molecule is Cc1ccc(C(=O)N/N=C2\CCCc3oc(C(=O)NNC(=O)c4ccccc4[N+](=O)[O-])c(C)c32)cc1. The molecule has 3 amide bonds. The number of aryl methyl sites for hydroxylation is 2. The Bertz CT molecular complexity index is 1390. The Balaban J connectivity index is 1.49. The molecule has 3 N–H and O–H groups in total. The van der Waals surface area contributed by atoms with E-state index in [1.165, 1.54) is 24.3 Å². The molecule has 36 heavy (non-hydrogen) atoms. The number of nitrogens with zero attached hydrogens (tertiary/aromatic N) is 2. The molecule has 11 heteroatoms. The van der Waals surface area contributed by atoms with Crippen LogP contribution in [0, 0.1) is 24.0 Å². The Morgan fingerprint density at radius 3 is 2.36 bits per heavy atom. The summed E-state index contributed by atoms with van der Waals surface area (Å²) in [5.41, 5.74) is 9.64. The highest BCUT2D eigenvalue weighted by atomic mass is 16.6. The first-order valence-electron chi connectivity index (χ1n) is 11.2. The van der Waals surface area contributed by atoms with E-state index in [-0.39, 0.29) is 22.9 Å². The molecule has 4 rings (SSSR count). The van der Waals surface area contributed by atoms with Crippen LogP contribution in [0.25, 0.3) is 0 Å². The highest BCUT2D eigenvalue weighted by molar-refractivity contribution is 6.07. The maximum absolute atomic E-state index is 12.8. The number of furan rings is 1. The summed E-state index contributed by atoms with van der Waals surface area (Å²) >= 11 is 0. The van der Waals surface area contributed by atoms with E-state index in [0.29, 0.717) is 47.4 Å². The van der Waals surface area contributed by atoms with Crippen molar-refractivity contribution < 1.29 is 23.7 Å². The van der Waals surface area contributed by atoms with Crippen LogP contribution in [0.1, 0.15) is 66.6 Å². The molecule has 1 aliphatic rings. The summed E-state index contributed by atoms with van der Waals surface area (Å²) in [6.07, 6.45) is 1.88. The molecular formula is C25H23N5O6. The van der Waals surface area contributed by atoms with Crippen molar-refractivity contribution >= 4 is 29.1 Å². The number of hydrazine groups is 1. The summed E-state index contributed by atoms with van der Waals surface area (Å²) in [4.78, 5) is 48.1. The average molecular weight is 489 g/mol. The van der Waals surface area contributed by atoms with Crippen LogP contribution in [0.15, 0.2) is 58.0 Å². The number of hydrogen-bond donors (Lipinski definition) is 3. The molecule has 0 spiro atoms. The van der Waals surface area contributed by atoms with Gasteiger partial charge in [-0.3, -0.25) is 35.3 Å². The number of hydrazone groups is 1. The van der Waals surface area contributed by atoms with Crippen molar-refractivity contribution in [3.63, 3.8) is 0 Å². The summed E-state index contributed by atoms with van der Waals surface area (Å²) in [5, 5.41) is 15.4. The van der Waals surface area contributed by atoms with Crippen molar-refractivity contribution in [2.45, 2.75) is 33.1 Å². The molecule has 0 bridgehead atoms. The number of nitro groups is 1. The number of hydrogen-bond acceptors (Lipinski definition) is 7. The van der Waals surface area contributed by atoms with Crippen molar-refractivity contribution in [2.24, 2.45) is 5.10 Å². The van der Waals surface area contributed by atoms with Crippen molar-refractivity contribution in [3.05, 3.63) is 98.0 Å². The normalized spacial score (nSPS) is 13.6. The molecule has 0 radical (unpaired) electrons. The molecule has 0 saturated heterocycles. The van der Waals surface area contributed by atoms with E-state index in [4.69, 9.17) is 4.42 Å². The van der Waals surface area contributed by atoms with Crippen LogP contribution in [-0.2, 0) is 6.42 Å². The van der Waals surface area contributed by atoms with Crippen LogP contribution in [0.5, 0.6) is 0 Å². The van der Waals surface area contributed by atoms with Gasteiger partial charge in [0, 0.05) is 29.2 Å². The van der Waals surface area contributed by atoms with Gasteiger partial charge in [-0.05, 0) is 44.9 Å². The number of fused-ring (bicyclic) bond motifs is 1. The van der Waals surface area contributed by atoms with Gasteiger partial charge in [0.1, 0.15) is 11.3 Å². The van der Waals surface area contributed by atoms with Gasteiger partial charge in [-0.15, -0.1) is 0 Å². The number of para-hydroxylation sites is 1. The lowest BCUT2D eigenvalue weighted by molar-refractivity contribution is -0.385. The third-order valence-electron chi connectivity index (χ3n) is 5.77. The van der Waals surface area contributed by atoms with E-state index in [9.17, 15) is 24.5 Å². The van der Waals surface area contributed by atoms with Gasteiger partial charge >= 0.3 is 5.91 Å². The number of amides is 3. The lowest BCUT2D eigenvalue weighted by Crippen LogP contribution is -2.42. The molecular weight excluding hydrogens is 466 g/mol. The topological polar surface area (TPSA) is 156 Å². The van der Waals surface area contributed by atoms with Gasteiger partial charge in [0.05, 0.1) is 10.6 Å². The quantitative estimate of drug-likeness (QED) is 0.369. The van der Waals surface area contributed by atoms with Crippen molar-refractivity contribution in [1.29, 1.82) is 0 Å². The molecule has 1 heterocycles. The average Bonchev–Trinajstić information content (AvgIpc) is 3.23. The van der Waals surface area contributed by atoms with Gasteiger partial charge in [-0.1, -0.05) is 29.8 Å². The minimum absolute atomic E-state index is 0.0256. The third kappa shape index (κ3) is 4.99. The van der Waals surface area contributed by atoms with Crippen LogP contribution in [0.2, 0.25) is 0 Å². The zero-order valence-corrected chi connectivity index (χ0v) is 19.6. The van der Waals surface area contributed by atoms with Gasteiger partial charge in [-0.25, -0.2) is 5.43 Å². The predicted octanol–water partition coefficient (Wildman–Crippen LogP) is 3.35. The number of carbonyl (C=O) groups excluding carboxylic acids is 3. The zero-order valence-electron chi connectivity index (χ0n) is 19.6. The van der Waals surface area contributed by atoms with Gasteiger partial charge in [0.2, 0.25) is 0 Å². The number of rotatable bonds is 5. The summed E-state index contributed by atoms with van der Waals surface area (Å²) in [6, 6.07) is 12.5. The van der Waals surface area contributed by atoms with Gasteiger partial charge in [-0.2, -0.15) is 5.10 Å². The molecule has 184 valence electrons. The smallest absolute Gasteiger partial charge is 0.305 e. The summed E-state index contributed by atoms with van der Waals surface area (Å²) in [6.45, 7) is 3.61. The molecule has 2 aromatic carbocycles. The van der Waals surface area contributed by atoms with E-state index < -0.39 is 16.7 Å². The third-order valence-corrected chi connectivity index (χ3v) is 5.77. The van der Waals surface area contributed by atoms with E-state index in [1.54, 1.807) is 19.1 Å². The molecule has 0 aliphatic heterocycles. The predicted molar refractivity (Wildman–Crippen MR) is 130 cm³/mol. The highest BCUT2D eigenvalue weighted by Crippen LogP contribution is 2.30. The van der Waals surface area contributed by atoms with E-state index >= 15 is 0 Å². The number of carbonyl (C=O) groups is 3. The zero-order chi connectivity index (χ0) is 25.8. The first-order chi connectivity index (χ1) is 17.3. The lowest BCUT2D eigenvalue weighted by atomic mass is 9.93. The number of nitro benzene ring substituents is 1. The van der Waals surface area contributed by atoms with Crippen molar-refractivity contribution in [2.75, 3.05) is 0 Å². The summed E-state index contributed by atoms with van der Waals surface area (Å²) in [7, 11) is 0. The van der Waals surface area contributed by atoms with Crippen molar-refractivity contribution in [3.8, 4) is 0 Å². The number of nitrogens with one attached hydrogen (secondary N) is 3. The minimum Gasteiger partial charge on any atom is -0.455 e. The Hall–Kier alpha value is -4.80. The fourth-order valence-corrected chi connectivity index (χ4v) is 3.95. The maximum atomic E-state index is 12.8. The lowest BCUT2D eigenvalue weighted by Gasteiger charge is -2.13. The second kappa shape index (κ2) is 10.2. The minimum atomic E-state index is -0.842. The van der Waals surface area contributed by atoms with Crippen LogP contribution in [0.3, 0.4) is 0 Å².